The first-order valence-corrected chi connectivity index (χ1v) is 11.1. The van der Waals surface area contributed by atoms with Crippen LogP contribution in [-0.4, -0.2) is 67.1 Å². The second kappa shape index (κ2) is 8.34. The minimum Gasteiger partial charge on any atom is -0.350 e. The summed E-state index contributed by atoms with van der Waals surface area (Å²) in [6.45, 7) is 3.83. The standard InChI is InChI=1S/C22H28N8O2/c1-13-5-20(21(31)24-8-14-3-4-19-17(6-14)27-28-29(19)2)30(12-13)22(32)18-7-15(9-23-18)16-10-25-26-11-16/h3-4,6,10-11,13,15,18,20,23H,5,7-9,12H2,1-2H3,(H,24,31)(H,25,26). The molecule has 2 aromatic heterocycles. The monoisotopic (exact) mass is 436 g/mol. The molecule has 5 rings (SSSR count). The summed E-state index contributed by atoms with van der Waals surface area (Å²) in [7, 11) is 1.85. The van der Waals surface area contributed by atoms with Gasteiger partial charge in [0.25, 0.3) is 0 Å². The summed E-state index contributed by atoms with van der Waals surface area (Å²) in [5, 5.41) is 21.4. The van der Waals surface area contributed by atoms with Crippen molar-refractivity contribution in [2.24, 2.45) is 13.0 Å². The summed E-state index contributed by atoms with van der Waals surface area (Å²) >= 11 is 0. The molecule has 10 nitrogen and oxygen atoms in total. The first-order valence-electron chi connectivity index (χ1n) is 11.1. The number of likely N-dealkylation sites (tertiary alicyclic amines) is 1. The highest BCUT2D eigenvalue weighted by atomic mass is 16.2. The van der Waals surface area contributed by atoms with Crippen molar-refractivity contribution in [3.8, 4) is 0 Å². The van der Waals surface area contributed by atoms with Crippen LogP contribution in [-0.2, 0) is 23.2 Å². The number of fused-ring (bicyclic) bond motifs is 1. The van der Waals surface area contributed by atoms with E-state index in [9.17, 15) is 9.59 Å². The molecule has 1 aromatic carbocycles. The van der Waals surface area contributed by atoms with Gasteiger partial charge < -0.3 is 15.5 Å². The highest BCUT2D eigenvalue weighted by Crippen LogP contribution is 2.29. The lowest BCUT2D eigenvalue weighted by Crippen LogP contribution is -2.51. The SMILES string of the molecule is CC1CC(C(=O)NCc2ccc3c(c2)nnn3C)N(C(=O)C2CC(c3cn[nH]c3)CN2)C1. The minimum absolute atomic E-state index is 0.0153. The Morgan fingerprint density at radius 3 is 2.97 bits per heavy atom. The van der Waals surface area contributed by atoms with Gasteiger partial charge in [0.05, 0.1) is 17.8 Å². The lowest BCUT2D eigenvalue weighted by molar-refractivity contribution is -0.139. The molecule has 0 radical (unpaired) electrons. The third kappa shape index (κ3) is 3.86. The Hall–Kier alpha value is -3.27. The third-order valence-electron chi connectivity index (χ3n) is 6.66. The molecule has 2 fully saturated rings. The van der Waals surface area contributed by atoms with Crippen molar-refractivity contribution in [3.05, 3.63) is 41.7 Å². The van der Waals surface area contributed by atoms with Crippen molar-refractivity contribution in [1.29, 1.82) is 0 Å². The number of hydrogen-bond donors (Lipinski definition) is 3. The van der Waals surface area contributed by atoms with Gasteiger partial charge in [0, 0.05) is 38.8 Å². The summed E-state index contributed by atoms with van der Waals surface area (Å²) in [6.07, 6.45) is 5.09. The fraction of sp³-hybridized carbons (Fsp3) is 0.500. The van der Waals surface area contributed by atoms with E-state index in [4.69, 9.17) is 0 Å². The summed E-state index contributed by atoms with van der Waals surface area (Å²) in [4.78, 5) is 28.1. The van der Waals surface area contributed by atoms with E-state index in [0.29, 0.717) is 19.5 Å². The van der Waals surface area contributed by atoms with Crippen LogP contribution in [0.4, 0.5) is 0 Å². The van der Waals surface area contributed by atoms with Crippen LogP contribution in [0, 0.1) is 5.92 Å². The normalized spacial score (nSPS) is 25.5. The number of amides is 2. The molecular formula is C22H28N8O2. The number of aromatic amines is 1. The second-order valence-corrected chi connectivity index (χ2v) is 9.03. The van der Waals surface area contributed by atoms with Gasteiger partial charge in [-0.2, -0.15) is 5.10 Å². The van der Waals surface area contributed by atoms with E-state index >= 15 is 0 Å². The summed E-state index contributed by atoms with van der Waals surface area (Å²) in [5.41, 5.74) is 3.80. The molecular weight excluding hydrogens is 408 g/mol. The minimum atomic E-state index is -0.437. The predicted molar refractivity (Wildman–Crippen MR) is 117 cm³/mol. The van der Waals surface area contributed by atoms with Gasteiger partial charge in [0.1, 0.15) is 11.6 Å². The third-order valence-corrected chi connectivity index (χ3v) is 6.66. The smallest absolute Gasteiger partial charge is 0.243 e. The largest absolute Gasteiger partial charge is 0.350 e. The molecule has 0 bridgehead atoms. The number of H-pyrrole nitrogens is 1. The first kappa shape index (κ1) is 20.6. The number of benzene rings is 1. The molecule has 10 heteroatoms. The molecule has 0 aliphatic carbocycles. The topological polar surface area (TPSA) is 121 Å². The van der Waals surface area contributed by atoms with Crippen molar-refractivity contribution in [1.82, 2.24) is 40.7 Å². The summed E-state index contributed by atoms with van der Waals surface area (Å²) in [6, 6.07) is 5.14. The van der Waals surface area contributed by atoms with E-state index in [2.05, 4.69) is 38.1 Å². The fourth-order valence-electron chi connectivity index (χ4n) is 4.90. The Kier molecular flexibility index (Phi) is 5.38. The zero-order chi connectivity index (χ0) is 22.2. The van der Waals surface area contributed by atoms with Gasteiger partial charge in [-0.15, -0.1) is 5.10 Å². The number of carbonyl (C=O) groups is 2. The number of aromatic nitrogens is 5. The Morgan fingerprint density at radius 2 is 2.16 bits per heavy atom. The van der Waals surface area contributed by atoms with Crippen LogP contribution in [0.15, 0.2) is 30.6 Å². The first-order chi connectivity index (χ1) is 15.5. The molecule has 2 amide bonds. The fourth-order valence-corrected chi connectivity index (χ4v) is 4.90. The zero-order valence-electron chi connectivity index (χ0n) is 18.3. The molecule has 168 valence electrons. The zero-order valence-corrected chi connectivity index (χ0v) is 18.3. The Labute approximate surface area is 185 Å². The maximum Gasteiger partial charge on any atom is 0.243 e. The van der Waals surface area contributed by atoms with E-state index in [1.807, 2.05) is 37.6 Å². The van der Waals surface area contributed by atoms with Crippen molar-refractivity contribution in [2.75, 3.05) is 13.1 Å². The number of carbonyl (C=O) groups excluding carboxylic acids is 2. The van der Waals surface area contributed by atoms with Crippen molar-refractivity contribution in [2.45, 2.75) is 44.3 Å². The van der Waals surface area contributed by atoms with Gasteiger partial charge in [-0.25, -0.2) is 4.68 Å². The Bertz CT molecular complexity index is 1120. The van der Waals surface area contributed by atoms with Gasteiger partial charge in [-0.05, 0) is 42.0 Å². The molecule has 2 saturated heterocycles. The predicted octanol–water partition coefficient (Wildman–Crippen LogP) is 0.690. The number of rotatable bonds is 5. The van der Waals surface area contributed by atoms with Crippen molar-refractivity contribution >= 4 is 22.8 Å². The van der Waals surface area contributed by atoms with E-state index in [1.165, 1.54) is 0 Å². The molecule has 4 unspecified atom stereocenters. The number of hydrogen-bond acceptors (Lipinski definition) is 6. The molecule has 4 atom stereocenters. The van der Waals surface area contributed by atoms with Crippen LogP contribution in [0.3, 0.4) is 0 Å². The van der Waals surface area contributed by atoms with Crippen LogP contribution in [0.25, 0.3) is 11.0 Å². The van der Waals surface area contributed by atoms with Gasteiger partial charge >= 0.3 is 0 Å². The van der Waals surface area contributed by atoms with E-state index in [0.717, 1.165) is 35.1 Å². The highest BCUT2D eigenvalue weighted by Gasteiger charge is 2.42. The van der Waals surface area contributed by atoms with Crippen molar-refractivity contribution in [3.63, 3.8) is 0 Å². The van der Waals surface area contributed by atoms with Gasteiger partial charge in [0.15, 0.2) is 0 Å². The lowest BCUT2D eigenvalue weighted by atomic mass is 9.99. The highest BCUT2D eigenvalue weighted by molar-refractivity contribution is 5.90. The molecule has 32 heavy (non-hydrogen) atoms. The Morgan fingerprint density at radius 1 is 1.28 bits per heavy atom. The van der Waals surface area contributed by atoms with Crippen molar-refractivity contribution < 1.29 is 9.59 Å². The molecule has 3 aromatic rings. The average molecular weight is 437 g/mol. The Balaban J connectivity index is 1.22. The number of aryl methyl sites for hydroxylation is 1. The molecule has 2 aliphatic rings. The maximum absolute atomic E-state index is 13.3. The van der Waals surface area contributed by atoms with E-state index in [1.54, 1.807) is 9.58 Å². The summed E-state index contributed by atoms with van der Waals surface area (Å²) < 4.78 is 1.72. The van der Waals surface area contributed by atoms with E-state index in [-0.39, 0.29) is 29.7 Å². The van der Waals surface area contributed by atoms with E-state index < -0.39 is 6.04 Å². The quantitative estimate of drug-likeness (QED) is 0.541. The number of nitrogens with one attached hydrogen (secondary N) is 3. The summed E-state index contributed by atoms with van der Waals surface area (Å²) in [5.74, 6) is 0.454. The average Bonchev–Trinajstić information content (AvgIpc) is 3.58. The molecule has 3 N–H and O–H groups in total. The van der Waals surface area contributed by atoms with Gasteiger partial charge in [0.2, 0.25) is 11.8 Å². The molecule has 4 heterocycles. The van der Waals surface area contributed by atoms with Crippen LogP contribution < -0.4 is 10.6 Å². The van der Waals surface area contributed by atoms with Gasteiger partial charge in [-0.3, -0.25) is 14.7 Å². The lowest BCUT2D eigenvalue weighted by Gasteiger charge is -2.27. The van der Waals surface area contributed by atoms with Crippen LogP contribution in [0.5, 0.6) is 0 Å². The number of nitrogens with zero attached hydrogens (tertiary/aromatic N) is 5. The van der Waals surface area contributed by atoms with Gasteiger partial charge in [-0.1, -0.05) is 18.2 Å². The molecule has 0 saturated carbocycles. The maximum atomic E-state index is 13.3. The molecule has 2 aliphatic heterocycles. The van der Waals surface area contributed by atoms with Crippen LogP contribution in [0.2, 0.25) is 0 Å². The second-order valence-electron chi connectivity index (χ2n) is 9.03. The van der Waals surface area contributed by atoms with Crippen LogP contribution >= 0.6 is 0 Å². The van der Waals surface area contributed by atoms with Crippen LogP contribution in [0.1, 0.15) is 36.8 Å². The molecule has 0 spiro atoms.